The van der Waals surface area contributed by atoms with Crippen molar-refractivity contribution < 1.29 is 4.39 Å². The molecule has 144 valence electrons. The van der Waals surface area contributed by atoms with E-state index in [4.69, 9.17) is 0 Å². The summed E-state index contributed by atoms with van der Waals surface area (Å²) >= 11 is 0. The zero-order valence-corrected chi connectivity index (χ0v) is 15.6. The summed E-state index contributed by atoms with van der Waals surface area (Å²) in [7, 11) is 0. The number of aromatic amines is 1. The van der Waals surface area contributed by atoms with Crippen molar-refractivity contribution in [3.05, 3.63) is 66.0 Å². The molecule has 0 unspecified atom stereocenters. The molecule has 0 aliphatic rings. The van der Waals surface area contributed by atoms with Gasteiger partial charge in [0.2, 0.25) is 0 Å². The van der Waals surface area contributed by atoms with Gasteiger partial charge >= 0.3 is 0 Å². The Bertz CT molecular complexity index is 1110. The van der Waals surface area contributed by atoms with Gasteiger partial charge in [0, 0.05) is 36.4 Å². The molecule has 3 heterocycles. The van der Waals surface area contributed by atoms with Crippen molar-refractivity contribution in [1.29, 1.82) is 0 Å². The molecule has 0 spiro atoms. The number of hydrogen-bond acceptors (Lipinski definition) is 3. The van der Waals surface area contributed by atoms with Gasteiger partial charge in [-0.05, 0) is 49.2 Å². The summed E-state index contributed by atoms with van der Waals surface area (Å²) in [4.78, 5) is 7.79. The Kier molecular flexibility index (Phi) is 5.18. The predicted octanol–water partition coefficient (Wildman–Crippen LogP) is 2.65. The first-order valence-electron chi connectivity index (χ1n) is 9.31. The highest BCUT2D eigenvalue weighted by Crippen LogP contribution is 2.19. The van der Waals surface area contributed by atoms with E-state index >= 15 is 0 Å². The quantitative estimate of drug-likeness (QED) is 0.355. The number of aliphatic imine (C=N–C) groups is 1. The van der Waals surface area contributed by atoms with Gasteiger partial charge in [0.05, 0.1) is 0 Å². The third-order valence-corrected chi connectivity index (χ3v) is 4.52. The first-order valence-corrected chi connectivity index (χ1v) is 9.31. The SMILES string of the molecule is CCNC(=NCc1nnc2ccccn12)NCCc1c[nH]c2ccc(F)cc12. The van der Waals surface area contributed by atoms with Crippen molar-refractivity contribution in [3.8, 4) is 0 Å². The van der Waals surface area contributed by atoms with E-state index in [1.54, 1.807) is 12.1 Å². The normalized spacial score (nSPS) is 12.0. The molecular weight excluding hydrogens is 357 g/mol. The van der Waals surface area contributed by atoms with Crippen LogP contribution in [0.15, 0.2) is 53.8 Å². The van der Waals surface area contributed by atoms with Crippen LogP contribution in [0.1, 0.15) is 18.3 Å². The first-order chi connectivity index (χ1) is 13.7. The molecule has 28 heavy (non-hydrogen) atoms. The minimum absolute atomic E-state index is 0.225. The van der Waals surface area contributed by atoms with Gasteiger partial charge in [-0.2, -0.15) is 0 Å². The number of benzene rings is 1. The maximum absolute atomic E-state index is 13.5. The summed E-state index contributed by atoms with van der Waals surface area (Å²) in [6.45, 7) is 3.87. The van der Waals surface area contributed by atoms with Gasteiger partial charge < -0.3 is 15.6 Å². The average Bonchev–Trinajstić information content (AvgIpc) is 3.30. The minimum Gasteiger partial charge on any atom is -0.361 e. The molecule has 8 heteroatoms. The molecular formula is C20H22FN7. The van der Waals surface area contributed by atoms with Crippen LogP contribution in [-0.4, -0.2) is 38.6 Å². The third-order valence-electron chi connectivity index (χ3n) is 4.52. The van der Waals surface area contributed by atoms with Crippen LogP contribution in [-0.2, 0) is 13.0 Å². The largest absolute Gasteiger partial charge is 0.361 e. The predicted molar refractivity (Wildman–Crippen MR) is 108 cm³/mol. The number of pyridine rings is 1. The Balaban J connectivity index is 1.41. The highest BCUT2D eigenvalue weighted by molar-refractivity contribution is 5.83. The number of nitrogens with zero attached hydrogens (tertiary/aromatic N) is 4. The molecule has 0 fully saturated rings. The van der Waals surface area contributed by atoms with E-state index in [1.807, 2.05) is 41.9 Å². The lowest BCUT2D eigenvalue weighted by molar-refractivity contribution is 0.629. The second-order valence-corrected chi connectivity index (χ2v) is 6.42. The number of nitrogens with one attached hydrogen (secondary N) is 3. The highest BCUT2D eigenvalue weighted by atomic mass is 19.1. The monoisotopic (exact) mass is 379 g/mol. The summed E-state index contributed by atoms with van der Waals surface area (Å²) in [5.74, 6) is 1.26. The molecule has 3 aromatic heterocycles. The van der Waals surface area contributed by atoms with Gasteiger partial charge in [-0.1, -0.05) is 6.07 Å². The fraction of sp³-hybridized carbons (Fsp3) is 0.250. The molecule has 7 nitrogen and oxygen atoms in total. The van der Waals surface area contributed by atoms with Crippen molar-refractivity contribution in [3.63, 3.8) is 0 Å². The smallest absolute Gasteiger partial charge is 0.191 e. The van der Waals surface area contributed by atoms with E-state index in [1.165, 1.54) is 6.07 Å². The van der Waals surface area contributed by atoms with Crippen molar-refractivity contribution in [2.24, 2.45) is 4.99 Å². The zero-order chi connectivity index (χ0) is 19.3. The molecule has 3 N–H and O–H groups in total. The second-order valence-electron chi connectivity index (χ2n) is 6.42. The molecule has 0 radical (unpaired) electrons. The van der Waals surface area contributed by atoms with Crippen LogP contribution < -0.4 is 10.6 Å². The molecule has 1 aromatic carbocycles. The van der Waals surface area contributed by atoms with Gasteiger partial charge in [0.15, 0.2) is 17.4 Å². The van der Waals surface area contributed by atoms with Crippen LogP contribution in [0, 0.1) is 5.82 Å². The maximum Gasteiger partial charge on any atom is 0.191 e. The highest BCUT2D eigenvalue weighted by Gasteiger charge is 2.07. The van der Waals surface area contributed by atoms with E-state index in [0.717, 1.165) is 40.9 Å². The molecule has 0 aliphatic heterocycles. The molecule has 0 atom stereocenters. The molecule has 0 saturated carbocycles. The number of halogens is 1. The first kappa shape index (κ1) is 18.0. The molecule has 0 saturated heterocycles. The van der Waals surface area contributed by atoms with Crippen LogP contribution in [0.2, 0.25) is 0 Å². The fourth-order valence-electron chi connectivity index (χ4n) is 3.16. The van der Waals surface area contributed by atoms with Crippen molar-refractivity contribution in [2.75, 3.05) is 13.1 Å². The number of aromatic nitrogens is 4. The fourth-order valence-corrected chi connectivity index (χ4v) is 3.16. The van der Waals surface area contributed by atoms with Crippen LogP contribution in [0.4, 0.5) is 4.39 Å². The van der Waals surface area contributed by atoms with E-state index in [2.05, 4.69) is 30.8 Å². The number of guanidine groups is 1. The van der Waals surface area contributed by atoms with Crippen LogP contribution in [0.3, 0.4) is 0 Å². The van der Waals surface area contributed by atoms with E-state index in [9.17, 15) is 4.39 Å². The molecule has 0 aliphatic carbocycles. The summed E-state index contributed by atoms with van der Waals surface area (Å²) in [6, 6.07) is 10.6. The van der Waals surface area contributed by atoms with E-state index in [-0.39, 0.29) is 5.82 Å². The summed E-state index contributed by atoms with van der Waals surface area (Å²) in [5, 5.41) is 15.8. The van der Waals surface area contributed by atoms with Gasteiger partial charge in [-0.15, -0.1) is 10.2 Å². The standard InChI is InChI=1S/C20H22FN7/c1-2-22-20(25-13-19-27-26-18-5-3-4-10-28(18)19)23-9-8-14-12-24-17-7-6-15(21)11-16(14)17/h3-7,10-12,24H,2,8-9,13H2,1H3,(H2,22,23,25). The molecule has 4 aromatic rings. The van der Waals surface area contributed by atoms with Crippen LogP contribution >= 0.6 is 0 Å². The lowest BCUT2D eigenvalue weighted by atomic mass is 10.1. The van der Waals surface area contributed by atoms with Gasteiger partial charge in [0.1, 0.15) is 12.4 Å². The van der Waals surface area contributed by atoms with Crippen molar-refractivity contribution >= 4 is 22.5 Å². The minimum atomic E-state index is -0.225. The molecule has 0 amide bonds. The topological polar surface area (TPSA) is 82.4 Å². The lowest BCUT2D eigenvalue weighted by Gasteiger charge is -2.11. The van der Waals surface area contributed by atoms with Crippen LogP contribution in [0.25, 0.3) is 16.6 Å². The Morgan fingerprint density at radius 2 is 2.14 bits per heavy atom. The number of rotatable bonds is 6. The van der Waals surface area contributed by atoms with Crippen molar-refractivity contribution in [1.82, 2.24) is 30.2 Å². The van der Waals surface area contributed by atoms with Gasteiger partial charge in [-0.25, -0.2) is 9.38 Å². The van der Waals surface area contributed by atoms with Gasteiger partial charge in [-0.3, -0.25) is 4.40 Å². The molecule has 0 bridgehead atoms. The number of hydrogen-bond donors (Lipinski definition) is 3. The van der Waals surface area contributed by atoms with Gasteiger partial charge in [0.25, 0.3) is 0 Å². The summed E-state index contributed by atoms with van der Waals surface area (Å²) < 4.78 is 15.4. The third kappa shape index (κ3) is 3.80. The van der Waals surface area contributed by atoms with E-state index < -0.39 is 0 Å². The Labute approximate surface area is 161 Å². The summed E-state index contributed by atoms with van der Waals surface area (Å²) in [6.07, 6.45) is 4.61. The Morgan fingerprint density at radius 3 is 3.04 bits per heavy atom. The lowest BCUT2D eigenvalue weighted by Crippen LogP contribution is -2.38. The van der Waals surface area contributed by atoms with Crippen molar-refractivity contribution in [2.45, 2.75) is 19.9 Å². The average molecular weight is 379 g/mol. The maximum atomic E-state index is 13.5. The number of fused-ring (bicyclic) bond motifs is 2. The van der Waals surface area contributed by atoms with E-state index in [0.29, 0.717) is 19.0 Å². The number of H-pyrrole nitrogens is 1. The van der Waals surface area contributed by atoms with Crippen LogP contribution in [0.5, 0.6) is 0 Å². The Hall–Kier alpha value is -3.42. The Morgan fingerprint density at radius 1 is 1.21 bits per heavy atom. The zero-order valence-electron chi connectivity index (χ0n) is 15.6. The second kappa shape index (κ2) is 8.08. The molecule has 4 rings (SSSR count). The summed E-state index contributed by atoms with van der Waals surface area (Å²) in [5.41, 5.74) is 2.81.